The van der Waals surface area contributed by atoms with Crippen LogP contribution in [0.15, 0.2) is 12.3 Å². The van der Waals surface area contributed by atoms with Crippen molar-refractivity contribution in [1.29, 1.82) is 0 Å². The Balaban J connectivity index is 4.33. The van der Waals surface area contributed by atoms with Crippen LogP contribution in [0.25, 0.3) is 0 Å². The summed E-state index contributed by atoms with van der Waals surface area (Å²) in [4.78, 5) is 32.2. The fraction of sp³-hybridized carbons (Fsp3) is 0.750. The molecule has 8 nitrogen and oxygen atoms in total. The van der Waals surface area contributed by atoms with Gasteiger partial charge in [0.2, 0.25) is 12.0 Å². The van der Waals surface area contributed by atoms with Crippen molar-refractivity contribution in [2.45, 2.75) is 73.1 Å². The highest BCUT2D eigenvalue weighted by Crippen LogP contribution is 2.30. The first kappa shape index (κ1) is 22.2. The van der Waals surface area contributed by atoms with Crippen LogP contribution in [0, 0.1) is 5.41 Å². The lowest BCUT2D eigenvalue weighted by Gasteiger charge is -2.30. The van der Waals surface area contributed by atoms with Crippen LogP contribution in [0.1, 0.15) is 54.9 Å². The number of carboxylic acid groups (broad SMARTS) is 1. The van der Waals surface area contributed by atoms with Gasteiger partial charge >= 0.3 is 5.97 Å². The van der Waals surface area contributed by atoms with Gasteiger partial charge in [-0.15, -0.1) is 0 Å². The Hall–Kier alpha value is -1.80. The average Bonchev–Trinajstić information content (AvgIpc) is 2.31. The SMILES string of the molecule is C=C(OOC(C)(C)CC(C)(C)C)C(=O)OC(C)OC(C)OC(=O)[O-]. The summed E-state index contributed by atoms with van der Waals surface area (Å²) < 4.78 is 14.1. The molecule has 2 atom stereocenters. The molecule has 0 saturated carbocycles. The molecule has 0 bridgehead atoms. The van der Waals surface area contributed by atoms with Gasteiger partial charge < -0.3 is 29.0 Å². The van der Waals surface area contributed by atoms with E-state index < -0.39 is 30.3 Å². The fourth-order valence-electron chi connectivity index (χ4n) is 2.18. The zero-order chi connectivity index (χ0) is 19.1. The summed E-state index contributed by atoms with van der Waals surface area (Å²) in [5.74, 6) is -1.27. The van der Waals surface area contributed by atoms with Crippen molar-refractivity contribution in [2.75, 3.05) is 0 Å². The lowest BCUT2D eigenvalue weighted by molar-refractivity contribution is -0.332. The summed E-state index contributed by atoms with van der Waals surface area (Å²) in [7, 11) is 0. The maximum Gasteiger partial charge on any atom is 0.379 e. The molecule has 0 saturated heterocycles. The summed E-state index contributed by atoms with van der Waals surface area (Å²) in [5.41, 5.74) is -0.632. The van der Waals surface area contributed by atoms with Gasteiger partial charge in [0.1, 0.15) is 11.9 Å². The predicted molar refractivity (Wildman–Crippen MR) is 82.0 cm³/mol. The quantitative estimate of drug-likeness (QED) is 0.156. The molecule has 0 radical (unpaired) electrons. The molecule has 0 aliphatic carbocycles. The molecule has 140 valence electrons. The Morgan fingerprint density at radius 1 is 1.04 bits per heavy atom. The molecular weight excluding hydrogens is 320 g/mol. The Morgan fingerprint density at radius 3 is 2.00 bits per heavy atom. The van der Waals surface area contributed by atoms with Crippen molar-refractivity contribution in [2.24, 2.45) is 5.41 Å². The zero-order valence-corrected chi connectivity index (χ0v) is 15.3. The van der Waals surface area contributed by atoms with E-state index in [1.54, 1.807) is 0 Å². The standard InChI is InChI=1S/C16H28O8/c1-10(23-24-16(7,8)9-15(4,5)6)13(17)21-11(2)20-12(3)22-14(18)19/h11-12H,1,9H2,2-8H3,(H,18,19)/p-1. The minimum absolute atomic E-state index is 0.00614. The van der Waals surface area contributed by atoms with E-state index in [0.29, 0.717) is 6.42 Å². The second kappa shape index (κ2) is 8.89. The van der Waals surface area contributed by atoms with Gasteiger partial charge in [0.15, 0.2) is 0 Å². The average molecular weight is 347 g/mol. The van der Waals surface area contributed by atoms with Crippen LogP contribution in [0.5, 0.6) is 0 Å². The Morgan fingerprint density at radius 2 is 1.54 bits per heavy atom. The molecule has 2 unspecified atom stereocenters. The van der Waals surface area contributed by atoms with E-state index in [4.69, 9.17) is 19.2 Å². The smallest absolute Gasteiger partial charge is 0.379 e. The van der Waals surface area contributed by atoms with Crippen LogP contribution in [-0.2, 0) is 28.8 Å². The van der Waals surface area contributed by atoms with Gasteiger partial charge in [0.25, 0.3) is 6.16 Å². The Bertz CT molecular complexity index is 449. The van der Waals surface area contributed by atoms with Crippen molar-refractivity contribution in [3.05, 3.63) is 12.3 Å². The summed E-state index contributed by atoms with van der Waals surface area (Å²) in [6, 6.07) is 0. The molecular formula is C16H27O8-. The van der Waals surface area contributed by atoms with E-state index in [1.807, 2.05) is 13.8 Å². The molecule has 8 heteroatoms. The van der Waals surface area contributed by atoms with Crippen molar-refractivity contribution in [1.82, 2.24) is 0 Å². The summed E-state index contributed by atoms with van der Waals surface area (Å²) in [5, 5.41) is 10.2. The molecule has 24 heavy (non-hydrogen) atoms. The van der Waals surface area contributed by atoms with E-state index in [1.165, 1.54) is 13.8 Å². The van der Waals surface area contributed by atoms with Crippen molar-refractivity contribution in [3.63, 3.8) is 0 Å². The number of carbonyl (C=O) groups excluding carboxylic acids is 2. The Labute approximate surface area is 142 Å². The third-order valence-corrected chi connectivity index (χ3v) is 2.47. The van der Waals surface area contributed by atoms with Gasteiger partial charge in [-0.25, -0.2) is 4.79 Å². The second-order valence-corrected chi connectivity index (χ2v) is 7.13. The van der Waals surface area contributed by atoms with E-state index >= 15 is 0 Å². The number of ether oxygens (including phenoxy) is 3. The Kier molecular flexibility index (Phi) is 8.22. The van der Waals surface area contributed by atoms with E-state index in [9.17, 15) is 14.7 Å². The van der Waals surface area contributed by atoms with Gasteiger partial charge in [-0.05, 0) is 46.1 Å². The largest absolute Gasteiger partial charge is 0.521 e. The molecule has 0 aromatic carbocycles. The van der Waals surface area contributed by atoms with Gasteiger partial charge in [-0.1, -0.05) is 20.8 Å². The number of hydrogen-bond acceptors (Lipinski definition) is 8. The highest BCUT2D eigenvalue weighted by molar-refractivity contribution is 5.85. The monoisotopic (exact) mass is 347 g/mol. The molecule has 0 aromatic rings. The van der Waals surface area contributed by atoms with Crippen molar-refractivity contribution >= 4 is 12.1 Å². The van der Waals surface area contributed by atoms with Gasteiger partial charge in [0, 0.05) is 0 Å². The summed E-state index contributed by atoms with van der Waals surface area (Å²) in [6.45, 7) is 15.9. The van der Waals surface area contributed by atoms with E-state index in [2.05, 4.69) is 32.1 Å². The highest BCUT2D eigenvalue weighted by atomic mass is 17.2. The number of carbonyl (C=O) groups is 2. The van der Waals surface area contributed by atoms with Gasteiger partial charge in [0.05, 0.1) is 0 Å². The first-order valence-electron chi connectivity index (χ1n) is 7.50. The molecule has 0 aromatic heterocycles. The molecule has 0 fully saturated rings. The van der Waals surface area contributed by atoms with Crippen molar-refractivity contribution in [3.8, 4) is 0 Å². The van der Waals surface area contributed by atoms with Crippen LogP contribution in [-0.4, -0.2) is 30.3 Å². The number of hydrogen-bond donors (Lipinski definition) is 0. The minimum atomic E-state index is -1.75. The fourth-order valence-corrected chi connectivity index (χ4v) is 2.18. The van der Waals surface area contributed by atoms with Crippen LogP contribution in [0.2, 0.25) is 0 Å². The second-order valence-electron chi connectivity index (χ2n) is 7.13. The molecule has 0 N–H and O–H groups in total. The summed E-state index contributed by atoms with van der Waals surface area (Å²) in [6.07, 6.45) is -3.31. The number of rotatable bonds is 9. The van der Waals surface area contributed by atoms with Crippen molar-refractivity contribution < 1.29 is 38.7 Å². The molecule has 0 amide bonds. The molecule has 0 heterocycles. The number of esters is 1. The highest BCUT2D eigenvalue weighted by Gasteiger charge is 2.29. The third kappa shape index (κ3) is 10.8. The van der Waals surface area contributed by atoms with E-state index in [-0.39, 0.29) is 11.2 Å². The summed E-state index contributed by atoms with van der Waals surface area (Å²) >= 11 is 0. The first-order valence-corrected chi connectivity index (χ1v) is 7.50. The lowest BCUT2D eigenvalue weighted by Crippen LogP contribution is -2.33. The normalized spacial score (nSPS) is 14.5. The maximum atomic E-state index is 11.8. The molecule has 0 aliphatic heterocycles. The maximum absolute atomic E-state index is 11.8. The lowest BCUT2D eigenvalue weighted by atomic mass is 9.84. The van der Waals surface area contributed by atoms with E-state index in [0.717, 1.165) is 0 Å². The van der Waals surface area contributed by atoms with Gasteiger partial charge in [-0.2, -0.15) is 4.89 Å². The van der Waals surface area contributed by atoms with Crippen LogP contribution < -0.4 is 5.11 Å². The van der Waals surface area contributed by atoms with Crippen LogP contribution >= 0.6 is 0 Å². The minimum Gasteiger partial charge on any atom is -0.521 e. The molecule has 0 spiro atoms. The molecule has 0 aliphatic rings. The third-order valence-electron chi connectivity index (χ3n) is 2.47. The van der Waals surface area contributed by atoms with Crippen LogP contribution in [0.4, 0.5) is 4.79 Å². The topological polar surface area (TPSA) is 103 Å². The first-order chi connectivity index (χ1) is 10.7. The van der Waals surface area contributed by atoms with Gasteiger partial charge in [-0.3, -0.25) is 0 Å². The zero-order valence-electron chi connectivity index (χ0n) is 15.3. The predicted octanol–water partition coefficient (Wildman–Crippen LogP) is 2.27. The molecule has 0 rings (SSSR count). The van der Waals surface area contributed by atoms with Crippen LogP contribution in [0.3, 0.4) is 0 Å².